The molecule has 2 fully saturated rings. The minimum absolute atomic E-state index is 0.397. The van der Waals surface area contributed by atoms with E-state index in [-0.39, 0.29) is 0 Å². The van der Waals surface area contributed by atoms with Crippen molar-refractivity contribution >= 4 is 28.6 Å². The summed E-state index contributed by atoms with van der Waals surface area (Å²) in [6.07, 6.45) is 3.38. The molecule has 1 aliphatic carbocycles. The lowest BCUT2D eigenvalue weighted by molar-refractivity contribution is -0.137. The molecule has 2 atom stereocenters. The van der Waals surface area contributed by atoms with Crippen molar-refractivity contribution in [2.75, 3.05) is 23.3 Å². The van der Waals surface area contributed by atoms with Crippen LogP contribution in [0.15, 0.2) is 36.5 Å². The Bertz CT molecular complexity index is 928. The number of aromatic nitrogens is 1. The summed E-state index contributed by atoms with van der Waals surface area (Å²) >= 11 is 5.51. The average Bonchev–Trinajstić information content (AvgIpc) is 2.72. The van der Waals surface area contributed by atoms with Crippen LogP contribution in [0.2, 0.25) is 0 Å². The van der Waals surface area contributed by atoms with Gasteiger partial charge in [-0.1, -0.05) is 31.5 Å². The molecule has 2 heterocycles. The van der Waals surface area contributed by atoms with Crippen LogP contribution in [0.4, 0.5) is 24.5 Å². The fraction of sp³-hybridized carbons (Fsp3) is 0.478. The number of nitrogens with one attached hydrogen (secondary N) is 1. The summed E-state index contributed by atoms with van der Waals surface area (Å²) in [4.78, 5) is 6.79. The SMILES string of the molecule is Cc1cc(C(=S)Nc2cc(C(F)(F)F)ccc2N2CC[C@@H]3CCCCC3C2)ccn1. The van der Waals surface area contributed by atoms with Gasteiger partial charge >= 0.3 is 6.18 Å². The van der Waals surface area contributed by atoms with E-state index in [1.54, 1.807) is 18.3 Å². The number of pyridine rings is 1. The summed E-state index contributed by atoms with van der Waals surface area (Å²) in [6, 6.07) is 7.55. The van der Waals surface area contributed by atoms with Crippen LogP contribution in [0, 0.1) is 18.8 Å². The van der Waals surface area contributed by atoms with Crippen LogP contribution in [0.3, 0.4) is 0 Å². The molecule has 7 heteroatoms. The van der Waals surface area contributed by atoms with Crippen molar-refractivity contribution in [3.63, 3.8) is 0 Å². The predicted molar refractivity (Wildman–Crippen MR) is 118 cm³/mol. The Morgan fingerprint density at radius 2 is 1.87 bits per heavy atom. The van der Waals surface area contributed by atoms with Crippen LogP contribution in [0.1, 0.15) is 48.9 Å². The summed E-state index contributed by atoms with van der Waals surface area (Å²) in [7, 11) is 0. The predicted octanol–water partition coefficient (Wildman–Crippen LogP) is 6.21. The molecule has 1 aliphatic heterocycles. The highest BCUT2D eigenvalue weighted by Crippen LogP contribution is 2.41. The molecule has 1 aromatic heterocycles. The van der Waals surface area contributed by atoms with Crippen molar-refractivity contribution in [2.45, 2.75) is 45.2 Å². The first-order valence-corrected chi connectivity index (χ1v) is 10.9. The van der Waals surface area contributed by atoms with E-state index in [0.717, 1.165) is 42.4 Å². The Hall–Kier alpha value is -2.15. The Balaban J connectivity index is 1.63. The third-order valence-electron chi connectivity index (χ3n) is 6.36. The zero-order valence-electron chi connectivity index (χ0n) is 17.0. The quantitative estimate of drug-likeness (QED) is 0.582. The van der Waals surface area contributed by atoms with Gasteiger partial charge in [0.05, 0.1) is 16.9 Å². The number of hydrogen-bond donors (Lipinski definition) is 1. The van der Waals surface area contributed by atoms with Crippen LogP contribution >= 0.6 is 12.2 Å². The third-order valence-corrected chi connectivity index (χ3v) is 6.70. The van der Waals surface area contributed by atoms with E-state index >= 15 is 0 Å². The number of anilines is 2. The lowest BCUT2D eigenvalue weighted by atomic mass is 9.75. The molecule has 3 nitrogen and oxygen atoms in total. The first kappa shape index (κ1) is 21.1. The highest BCUT2D eigenvalue weighted by molar-refractivity contribution is 7.81. The van der Waals surface area contributed by atoms with Crippen molar-refractivity contribution < 1.29 is 13.2 Å². The molecule has 0 bridgehead atoms. The molecule has 1 saturated carbocycles. The normalized spacial score (nSPS) is 21.8. The molecule has 1 unspecified atom stereocenters. The topological polar surface area (TPSA) is 28.2 Å². The van der Waals surface area contributed by atoms with Gasteiger partial charge in [-0.15, -0.1) is 0 Å². The molecule has 2 aromatic rings. The summed E-state index contributed by atoms with van der Waals surface area (Å²) in [6.45, 7) is 3.62. The molecule has 2 aliphatic rings. The van der Waals surface area contributed by atoms with Gasteiger partial charge in [0.15, 0.2) is 0 Å². The number of fused-ring (bicyclic) bond motifs is 1. The molecule has 0 spiro atoms. The van der Waals surface area contributed by atoms with Gasteiger partial charge in [0.25, 0.3) is 0 Å². The summed E-state index contributed by atoms with van der Waals surface area (Å²) < 4.78 is 40.2. The van der Waals surface area contributed by atoms with Gasteiger partial charge in [0.2, 0.25) is 0 Å². The summed E-state index contributed by atoms with van der Waals surface area (Å²) in [5.74, 6) is 1.37. The molecule has 0 amide bonds. The maximum atomic E-state index is 13.4. The smallest absolute Gasteiger partial charge is 0.370 e. The van der Waals surface area contributed by atoms with Crippen molar-refractivity contribution in [1.29, 1.82) is 0 Å². The molecular formula is C23H26F3N3S. The standard InChI is InChI=1S/C23H26F3N3S/c1-15-12-17(8-10-27-15)22(30)28-20-13-19(23(24,25)26)6-7-21(20)29-11-9-16-4-2-3-5-18(16)14-29/h6-8,10,12-13,16,18H,2-5,9,11,14H2,1H3,(H,28,30)/t16-,18?/m0/s1. The van der Waals surface area contributed by atoms with Gasteiger partial charge in [-0.3, -0.25) is 4.98 Å². The van der Waals surface area contributed by atoms with Crippen molar-refractivity contribution in [2.24, 2.45) is 11.8 Å². The number of rotatable bonds is 3. The molecule has 4 rings (SSSR count). The van der Waals surface area contributed by atoms with Gasteiger partial charge < -0.3 is 10.2 Å². The van der Waals surface area contributed by atoms with E-state index in [9.17, 15) is 13.2 Å². The second-order valence-electron chi connectivity index (χ2n) is 8.41. The maximum Gasteiger partial charge on any atom is 0.416 e. The number of thiocarbonyl (C=S) groups is 1. The first-order chi connectivity index (χ1) is 14.3. The number of piperidine rings is 1. The number of halogens is 3. The average molecular weight is 434 g/mol. The van der Waals surface area contributed by atoms with Crippen LogP contribution in [-0.2, 0) is 6.18 Å². The van der Waals surface area contributed by atoms with Crippen LogP contribution in [0.5, 0.6) is 0 Å². The monoisotopic (exact) mass is 433 g/mol. The second-order valence-corrected chi connectivity index (χ2v) is 8.82. The second kappa shape index (κ2) is 8.53. The minimum atomic E-state index is -4.40. The molecule has 30 heavy (non-hydrogen) atoms. The maximum absolute atomic E-state index is 13.4. The van der Waals surface area contributed by atoms with E-state index in [1.807, 2.05) is 13.0 Å². The number of aryl methyl sites for hydroxylation is 1. The van der Waals surface area contributed by atoms with Crippen LogP contribution < -0.4 is 10.2 Å². The fourth-order valence-corrected chi connectivity index (χ4v) is 5.03. The van der Waals surface area contributed by atoms with E-state index < -0.39 is 11.7 Å². The number of benzene rings is 1. The molecule has 160 valence electrons. The van der Waals surface area contributed by atoms with Gasteiger partial charge in [0, 0.05) is 30.5 Å². The third kappa shape index (κ3) is 4.61. The zero-order chi connectivity index (χ0) is 21.3. The fourth-order valence-electron chi connectivity index (χ4n) is 4.79. The van der Waals surface area contributed by atoms with Gasteiger partial charge in [0.1, 0.15) is 4.99 Å². The molecule has 1 aromatic carbocycles. The highest BCUT2D eigenvalue weighted by atomic mass is 32.1. The van der Waals surface area contributed by atoms with Crippen molar-refractivity contribution in [1.82, 2.24) is 4.98 Å². The lowest BCUT2D eigenvalue weighted by Crippen LogP contribution is -2.42. The first-order valence-electron chi connectivity index (χ1n) is 10.5. The summed E-state index contributed by atoms with van der Waals surface area (Å²) in [5.41, 5.74) is 2.08. The summed E-state index contributed by atoms with van der Waals surface area (Å²) in [5, 5.41) is 3.10. The minimum Gasteiger partial charge on any atom is -0.370 e. The molecular weight excluding hydrogens is 407 g/mol. The molecule has 1 N–H and O–H groups in total. The lowest BCUT2D eigenvalue weighted by Gasteiger charge is -2.43. The van der Waals surface area contributed by atoms with Crippen LogP contribution in [-0.4, -0.2) is 23.1 Å². The van der Waals surface area contributed by atoms with Gasteiger partial charge in [-0.2, -0.15) is 13.2 Å². The van der Waals surface area contributed by atoms with Gasteiger partial charge in [-0.05, 0) is 61.9 Å². The van der Waals surface area contributed by atoms with E-state index in [0.29, 0.717) is 16.6 Å². The molecule has 0 radical (unpaired) electrons. The van der Waals surface area contributed by atoms with Crippen molar-refractivity contribution in [3.8, 4) is 0 Å². The Morgan fingerprint density at radius 1 is 1.10 bits per heavy atom. The van der Waals surface area contributed by atoms with Crippen molar-refractivity contribution in [3.05, 3.63) is 53.3 Å². The Kier molecular flexibility index (Phi) is 6.00. The zero-order valence-corrected chi connectivity index (χ0v) is 17.8. The van der Waals surface area contributed by atoms with E-state index in [4.69, 9.17) is 12.2 Å². The number of hydrogen-bond acceptors (Lipinski definition) is 3. The Labute approximate surface area is 180 Å². The van der Waals surface area contributed by atoms with E-state index in [1.165, 1.54) is 37.8 Å². The highest BCUT2D eigenvalue weighted by Gasteiger charge is 2.34. The number of alkyl halides is 3. The van der Waals surface area contributed by atoms with Crippen LogP contribution in [0.25, 0.3) is 0 Å². The van der Waals surface area contributed by atoms with E-state index in [2.05, 4.69) is 15.2 Å². The molecule has 1 saturated heterocycles. The Morgan fingerprint density at radius 3 is 2.60 bits per heavy atom. The van der Waals surface area contributed by atoms with Gasteiger partial charge in [-0.25, -0.2) is 0 Å². The number of nitrogens with zero attached hydrogens (tertiary/aromatic N) is 2. The largest absolute Gasteiger partial charge is 0.416 e.